The number of nitrogens with zero attached hydrogens (tertiary/aromatic N) is 4. The summed E-state index contributed by atoms with van der Waals surface area (Å²) in [6.45, 7) is 1.31. The Kier molecular flexibility index (Phi) is 5.51. The zero-order chi connectivity index (χ0) is 20.1. The summed E-state index contributed by atoms with van der Waals surface area (Å²) < 4.78 is 7.35. The van der Waals surface area contributed by atoms with Crippen molar-refractivity contribution in [3.8, 4) is 5.75 Å². The number of amides is 2. The molecular weight excluding hydrogens is 370 g/mol. The van der Waals surface area contributed by atoms with Crippen molar-refractivity contribution < 1.29 is 14.3 Å². The van der Waals surface area contributed by atoms with E-state index in [2.05, 4.69) is 15.4 Å². The predicted molar refractivity (Wildman–Crippen MR) is 106 cm³/mol. The van der Waals surface area contributed by atoms with Crippen molar-refractivity contribution in [2.75, 3.05) is 18.1 Å². The number of hydrogen-bond acceptors (Lipinski definition) is 5. The third-order valence-electron chi connectivity index (χ3n) is 4.66. The summed E-state index contributed by atoms with van der Waals surface area (Å²) >= 11 is 0. The molecule has 0 atom stereocenters. The van der Waals surface area contributed by atoms with E-state index in [1.165, 1.54) is 11.2 Å². The van der Waals surface area contributed by atoms with Gasteiger partial charge in [0.05, 0.1) is 25.3 Å². The van der Waals surface area contributed by atoms with E-state index in [9.17, 15) is 9.59 Å². The quantitative estimate of drug-likeness (QED) is 0.692. The van der Waals surface area contributed by atoms with Gasteiger partial charge in [-0.25, -0.2) is 9.67 Å². The maximum atomic E-state index is 12.5. The number of fused-ring (bicyclic) bond motifs is 1. The number of para-hydroxylation sites is 2. The first kappa shape index (κ1) is 18.7. The second kappa shape index (κ2) is 8.55. The molecule has 0 unspecified atom stereocenters. The number of ether oxygens (including phenoxy) is 1. The SMILES string of the molecule is O=C(CN1C(=O)CCOc2ccccc21)NCc1ccc(Cn2cncn2)cc1. The standard InChI is InChI=1S/C21H21N5O3/c27-20(13-26-18-3-1-2-4-19(18)29-10-9-21(26)28)23-11-16-5-7-17(8-6-16)12-25-15-22-14-24-25/h1-8,14-15H,9-13H2,(H,23,27). The number of hydrogen-bond donors (Lipinski definition) is 1. The van der Waals surface area contributed by atoms with Crippen molar-refractivity contribution in [1.29, 1.82) is 0 Å². The Labute approximate surface area is 168 Å². The molecule has 0 spiro atoms. The molecule has 0 radical (unpaired) electrons. The van der Waals surface area contributed by atoms with E-state index >= 15 is 0 Å². The first-order valence-electron chi connectivity index (χ1n) is 9.38. The number of carbonyl (C=O) groups excluding carboxylic acids is 2. The van der Waals surface area contributed by atoms with E-state index in [4.69, 9.17) is 4.74 Å². The number of aromatic nitrogens is 3. The Hall–Kier alpha value is -3.68. The van der Waals surface area contributed by atoms with Crippen molar-refractivity contribution in [1.82, 2.24) is 20.1 Å². The summed E-state index contributed by atoms with van der Waals surface area (Å²) in [5.41, 5.74) is 2.70. The molecule has 3 aromatic rings. The van der Waals surface area contributed by atoms with Crippen LogP contribution in [0, 0.1) is 0 Å². The molecule has 1 N–H and O–H groups in total. The van der Waals surface area contributed by atoms with Crippen LogP contribution in [0.25, 0.3) is 0 Å². The topological polar surface area (TPSA) is 89.4 Å². The van der Waals surface area contributed by atoms with Crippen LogP contribution in [0.1, 0.15) is 17.5 Å². The highest BCUT2D eigenvalue weighted by molar-refractivity contribution is 6.00. The van der Waals surface area contributed by atoms with Gasteiger partial charge in [-0.3, -0.25) is 14.5 Å². The minimum absolute atomic E-state index is 0.0381. The fourth-order valence-corrected chi connectivity index (χ4v) is 3.16. The Morgan fingerprint density at radius 3 is 2.69 bits per heavy atom. The van der Waals surface area contributed by atoms with Crippen LogP contribution >= 0.6 is 0 Å². The third kappa shape index (κ3) is 4.60. The number of benzene rings is 2. The van der Waals surface area contributed by atoms with Crippen molar-refractivity contribution >= 4 is 17.5 Å². The van der Waals surface area contributed by atoms with Gasteiger partial charge >= 0.3 is 0 Å². The zero-order valence-electron chi connectivity index (χ0n) is 15.8. The Morgan fingerprint density at radius 2 is 1.90 bits per heavy atom. The minimum atomic E-state index is -0.221. The maximum Gasteiger partial charge on any atom is 0.240 e. The summed E-state index contributed by atoms with van der Waals surface area (Å²) in [6, 6.07) is 15.2. The van der Waals surface area contributed by atoms with Gasteiger partial charge in [0, 0.05) is 6.54 Å². The largest absolute Gasteiger partial charge is 0.491 e. The van der Waals surface area contributed by atoms with Crippen LogP contribution in [-0.4, -0.2) is 39.7 Å². The van der Waals surface area contributed by atoms with Crippen LogP contribution in [0.2, 0.25) is 0 Å². The fourth-order valence-electron chi connectivity index (χ4n) is 3.16. The van der Waals surface area contributed by atoms with Gasteiger partial charge in [-0.15, -0.1) is 0 Å². The first-order valence-corrected chi connectivity index (χ1v) is 9.38. The van der Waals surface area contributed by atoms with E-state index in [1.54, 1.807) is 23.1 Å². The Morgan fingerprint density at radius 1 is 1.10 bits per heavy atom. The Balaban J connectivity index is 1.34. The Bertz CT molecular complexity index is 986. The molecule has 2 aromatic carbocycles. The highest BCUT2D eigenvalue weighted by atomic mass is 16.5. The van der Waals surface area contributed by atoms with Gasteiger partial charge in [-0.1, -0.05) is 36.4 Å². The summed E-state index contributed by atoms with van der Waals surface area (Å²) in [4.78, 5) is 30.3. The lowest BCUT2D eigenvalue weighted by molar-refractivity contribution is -0.124. The van der Waals surface area contributed by atoms with Crippen LogP contribution in [-0.2, 0) is 22.7 Å². The first-order chi connectivity index (χ1) is 14.2. The second-order valence-electron chi connectivity index (χ2n) is 6.73. The molecule has 0 fully saturated rings. The van der Waals surface area contributed by atoms with Crippen LogP contribution in [0.4, 0.5) is 5.69 Å². The number of rotatable bonds is 6. The molecule has 0 saturated carbocycles. The maximum absolute atomic E-state index is 12.5. The predicted octanol–water partition coefficient (Wildman–Crippen LogP) is 1.76. The molecule has 4 rings (SSSR count). The molecule has 1 aliphatic rings. The fraction of sp³-hybridized carbons (Fsp3) is 0.238. The highest BCUT2D eigenvalue weighted by Crippen LogP contribution is 2.30. The lowest BCUT2D eigenvalue weighted by Gasteiger charge is -2.21. The van der Waals surface area contributed by atoms with Crippen molar-refractivity contribution in [3.63, 3.8) is 0 Å². The molecule has 148 valence electrons. The summed E-state index contributed by atoms with van der Waals surface area (Å²) in [6.07, 6.45) is 3.42. The molecular formula is C21H21N5O3. The van der Waals surface area contributed by atoms with Crippen LogP contribution < -0.4 is 15.0 Å². The molecule has 8 heteroatoms. The molecule has 0 saturated heterocycles. The van der Waals surface area contributed by atoms with Gasteiger partial charge in [0.15, 0.2) is 0 Å². The summed E-state index contributed by atoms with van der Waals surface area (Å²) in [5, 5.41) is 6.97. The average Bonchev–Trinajstić information content (AvgIpc) is 3.19. The van der Waals surface area contributed by atoms with Crippen molar-refractivity contribution in [2.45, 2.75) is 19.5 Å². The molecule has 1 aliphatic heterocycles. The number of nitrogens with one attached hydrogen (secondary N) is 1. The lowest BCUT2D eigenvalue weighted by Crippen LogP contribution is -2.40. The van der Waals surface area contributed by atoms with Gasteiger partial charge < -0.3 is 10.1 Å². The lowest BCUT2D eigenvalue weighted by atomic mass is 10.1. The third-order valence-corrected chi connectivity index (χ3v) is 4.66. The zero-order valence-corrected chi connectivity index (χ0v) is 15.8. The van der Waals surface area contributed by atoms with E-state index in [-0.39, 0.29) is 24.8 Å². The monoisotopic (exact) mass is 391 g/mol. The minimum Gasteiger partial charge on any atom is -0.491 e. The van der Waals surface area contributed by atoms with Gasteiger partial charge in [0.1, 0.15) is 24.9 Å². The smallest absolute Gasteiger partial charge is 0.240 e. The molecule has 1 aromatic heterocycles. The van der Waals surface area contributed by atoms with Crippen molar-refractivity contribution in [3.05, 3.63) is 72.3 Å². The molecule has 2 amide bonds. The van der Waals surface area contributed by atoms with Gasteiger partial charge in [0.2, 0.25) is 11.8 Å². The van der Waals surface area contributed by atoms with Crippen LogP contribution in [0.3, 0.4) is 0 Å². The van der Waals surface area contributed by atoms with Crippen LogP contribution in [0.5, 0.6) is 5.75 Å². The molecule has 0 aliphatic carbocycles. The summed E-state index contributed by atoms with van der Waals surface area (Å²) in [7, 11) is 0. The average molecular weight is 391 g/mol. The van der Waals surface area contributed by atoms with Crippen LogP contribution in [0.15, 0.2) is 61.2 Å². The second-order valence-corrected chi connectivity index (χ2v) is 6.73. The van der Waals surface area contributed by atoms with Gasteiger partial charge in [-0.05, 0) is 23.3 Å². The van der Waals surface area contributed by atoms with E-state index in [0.717, 1.165) is 11.1 Å². The number of carbonyl (C=O) groups is 2. The van der Waals surface area contributed by atoms with Gasteiger partial charge in [-0.2, -0.15) is 5.10 Å². The van der Waals surface area contributed by atoms with E-state index < -0.39 is 0 Å². The van der Waals surface area contributed by atoms with E-state index in [0.29, 0.717) is 31.1 Å². The number of anilines is 1. The molecule has 29 heavy (non-hydrogen) atoms. The molecule has 8 nitrogen and oxygen atoms in total. The molecule has 2 heterocycles. The summed E-state index contributed by atoms with van der Waals surface area (Å²) in [5.74, 6) is 0.276. The highest BCUT2D eigenvalue weighted by Gasteiger charge is 2.24. The normalized spacial score (nSPS) is 13.4. The van der Waals surface area contributed by atoms with E-state index in [1.807, 2.05) is 36.4 Å². The van der Waals surface area contributed by atoms with Gasteiger partial charge in [0.25, 0.3) is 0 Å². The van der Waals surface area contributed by atoms with Crippen molar-refractivity contribution in [2.24, 2.45) is 0 Å². The molecule has 0 bridgehead atoms.